The molecule has 0 aliphatic heterocycles. The van der Waals surface area contributed by atoms with Crippen LogP contribution in [-0.4, -0.2) is 21.9 Å². The van der Waals surface area contributed by atoms with Crippen molar-refractivity contribution in [3.05, 3.63) is 34.3 Å². The molecule has 3 nitrogen and oxygen atoms in total. The van der Waals surface area contributed by atoms with Crippen LogP contribution >= 0.6 is 23.4 Å². The molecule has 0 amide bonds. The van der Waals surface area contributed by atoms with Crippen LogP contribution in [0, 0.1) is 11.8 Å². The van der Waals surface area contributed by atoms with Crippen LogP contribution in [0.5, 0.6) is 0 Å². The number of rotatable bonds is 3. The second-order valence-corrected chi connectivity index (χ2v) is 5.10. The lowest BCUT2D eigenvalue weighted by molar-refractivity contribution is -0.109. The Hall–Kier alpha value is -1.44. The van der Waals surface area contributed by atoms with Gasteiger partial charge in [0.25, 0.3) is 0 Å². The molecule has 0 unspecified atom stereocenters. The predicted octanol–water partition coefficient (Wildman–Crippen LogP) is 3.06. The van der Waals surface area contributed by atoms with Crippen LogP contribution in [0.3, 0.4) is 0 Å². The Morgan fingerprint density at radius 1 is 1.44 bits per heavy atom. The molecule has 0 aromatic heterocycles. The van der Waals surface area contributed by atoms with E-state index in [1.807, 2.05) is 0 Å². The van der Waals surface area contributed by atoms with Gasteiger partial charge in [0, 0.05) is 29.7 Å². The summed E-state index contributed by atoms with van der Waals surface area (Å²) in [6.45, 7) is 1.50. The number of aromatic carboxylic acids is 1. The zero-order chi connectivity index (χ0) is 13.5. The average molecular weight is 283 g/mol. The Balaban J connectivity index is 2.77. The molecule has 94 valence electrons. The summed E-state index contributed by atoms with van der Waals surface area (Å²) < 4.78 is 0. The first kappa shape index (κ1) is 14.6. The number of halogens is 1. The molecule has 1 aromatic carbocycles. The molecule has 0 atom stereocenters. The van der Waals surface area contributed by atoms with Gasteiger partial charge in [-0.15, -0.1) is 0 Å². The van der Waals surface area contributed by atoms with Crippen LogP contribution in [0.4, 0.5) is 0 Å². The summed E-state index contributed by atoms with van der Waals surface area (Å²) in [4.78, 5) is 21.6. The minimum Gasteiger partial charge on any atom is -0.478 e. The fourth-order valence-corrected chi connectivity index (χ4v) is 1.87. The fraction of sp³-hybridized carbons (Fsp3) is 0.231. The molecule has 0 aliphatic rings. The average Bonchev–Trinajstić information content (AvgIpc) is 2.27. The van der Waals surface area contributed by atoms with Crippen LogP contribution in [0.25, 0.3) is 0 Å². The molecule has 0 aliphatic carbocycles. The number of hydrogen-bond acceptors (Lipinski definition) is 3. The van der Waals surface area contributed by atoms with Gasteiger partial charge < -0.3 is 5.11 Å². The number of benzene rings is 1. The van der Waals surface area contributed by atoms with Crippen LogP contribution in [-0.2, 0) is 4.79 Å². The quantitative estimate of drug-likeness (QED) is 0.684. The van der Waals surface area contributed by atoms with Crippen molar-refractivity contribution in [3.63, 3.8) is 0 Å². The number of thioether (sulfide) groups is 1. The number of carbonyl (C=O) groups is 2. The highest BCUT2D eigenvalue weighted by Gasteiger charge is 2.08. The van der Waals surface area contributed by atoms with Crippen molar-refractivity contribution in [1.29, 1.82) is 0 Å². The van der Waals surface area contributed by atoms with Gasteiger partial charge in [-0.3, -0.25) is 4.79 Å². The Morgan fingerprint density at radius 2 is 2.17 bits per heavy atom. The van der Waals surface area contributed by atoms with Crippen molar-refractivity contribution in [3.8, 4) is 11.8 Å². The zero-order valence-corrected chi connectivity index (χ0v) is 11.3. The van der Waals surface area contributed by atoms with Gasteiger partial charge in [-0.1, -0.05) is 35.2 Å². The van der Waals surface area contributed by atoms with Gasteiger partial charge in [0.15, 0.2) is 5.12 Å². The molecular weight excluding hydrogens is 272 g/mol. The van der Waals surface area contributed by atoms with Crippen molar-refractivity contribution >= 4 is 34.4 Å². The molecule has 0 radical (unpaired) electrons. The molecule has 18 heavy (non-hydrogen) atoms. The van der Waals surface area contributed by atoms with E-state index >= 15 is 0 Å². The topological polar surface area (TPSA) is 54.4 Å². The minimum absolute atomic E-state index is 0.0470. The predicted molar refractivity (Wildman–Crippen MR) is 73.0 cm³/mol. The third-order valence-electron chi connectivity index (χ3n) is 1.97. The van der Waals surface area contributed by atoms with Gasteiger partial charge in [0.2, 0.25) is 0 Å². The van der Waals surface area contributed by atoms with Gasteiger partial charge in [0.1, 0.15) is 0 Å². The molecule has 5 heteroatoms. The number of hydrogen-bond donors (Lipinski definition) is 1. The third kappa shape index (κ3) is 4.82. The monoisotopic (exact) mass is 282 g/mol. The van der Waals surface area contributed by atoms with Crippen molar-refractivity contribution in [1.82, 2.24) is 0 Å². The molecule has 0 heterocycles. The van der Waals surface area contributed by atoms with Crippen LogP contribution in [0.15, 0.2) is 18.2 Å². The number of carboxylic acid groups (broad SMARTS) is 1. The summed E-state index contributed by atoms with van der Waals surface area (Å²) in [6, 6.07) is 4.47. The third-order valence-corrected chi connectivity index (χ3v) is 3.02. The Labute approximate surface area is 115 Å². The normalized spacial score (nSPS) is 9.44. The largest absolute Gasteiger partial charge is 0.478 e. The Bertz CT molecular complexity index is 529. The fourth-order valence-electron chi connectivity index (χ4n) is 1.21. The second kappa shape index (κ2) is 7.10. The van der Waals surface area contributed by atoms with Gasteiger partial charge >= 0.3 is 5.97 Å². The van der Waals surface area contributed by atoms with Crippen LogP contribution in [0.1, 0.15) is 29.3 Å². The molecule has 0 saturated heterocycles. The van der Waals surface area contributed by atoms with E-state index in [4.69, 9.17) is 16.7 Å². The van der Waals surface area contributed by atoms with Crippen molar-refractivity contribution in [2.24, 2.45) is 0 Å². The maximum absolute atomic E-state index is 11.0. The van der Waals surface area contributed by atoms with Crippen molar-refractivity contribution in [2.75, 3.05) is 5.75 Å². The molecule has 1 aromatic rings. The van der Waals surface area contributed by atoms with E-state index < -0.39 is 5.97 Å². The molecule has 0 bridgehead atoms. The van der Waals surface area contributed by atoms with Gasteiger partial charge in [-0.2, -0.15) is 0 Å². The second-order valence-electron chi connectivity index (χ2n) is 3.39. The number of carboxylic acids is 1. The van der Waals surface area contributed by atoms with Crippen LogP contribution < -0.4 is 0 Å². The highest BCUT2D eigenvalue weighted by atomic mass is 35.5. The van der Waals surface area contributed by atoms with E-state index in [2.05, 4.69) is 11.8 Å². The van der Waals surface area contributed by atoms with E-state index in [1.54, 1.807) is 0 Å². The molecular formula is C13H11ClO3S. The maximum atomic E-state index is 11.0. The van der Waals surface area contributed by atoms with Crippen molar-refractivity contribution in [2.45, 2.75) is 13.3 Å². The van der Waals surface area contributed by atoms with Gasteiger partial charge in [0.05, 0.1) is 5.56 Å². The zero-order valence-electron chi connectivity index (χ0n) is 9.70. The first-order valence-corrected chi connectivity index (χ1v) is 6.52. The van der Waals surface area contributed by atoms with Gasteiger partial charge in [-0.05, 0) is 18.2 Å². The first-order chi connectivity index (χ1) is 8.50. The smallest absolute Gasteiger partial charge is 0.336 e. The Morgan fingerprint density at radius 3 is 2.78 bits per heavy atom. The summed E-state index contributed by atoms with van der Waals surface area (Å²) >= 11 is 6.99. The summed E-state index contributed by atoms with van der Waals surface area (Å²) in [5.41, 5.74) is 0.522. The highest BCUT2D eigenvalue weighted by molar-refractivity contribution is 8.13. The standard InChI is InChI=1S/C13H11ClO3S/c1-9(15)18-7-3-2-4-10-8-11(14)5-6-12(10)13(16)17/h5-6,8H,3,7H2,1H3,(H,16,17). The maximum Gasteiger partial charge on any atom is 0.336 e. The molecule has 1 N–H and O–H groups in total. The summed E-state index contributed by atoms with van der Waals surface area (Å²) in [5.74, 6) is 5.17. The van der Waals surface area contributed by atoms with E-state index in [0.29, 0.717) is 22.8 Å². The Kier molecular flexibility index (Phi) is 5.76. The number of carbonyl (C=O) groups excluding carboxylic acids is 1. The summed E-state index contributed by atoms with van der Waals surface area (Å²) in [5, 5.41) is 9.47. The van der Waals surface area contributed by atoms with Crippen molar-refractivity contribution < 1.29 is 14.7 Å². The SMILES string of the molecule is CC(=O)SCCC#Cc1cc(Cl)ccc1C(=O)O. The molecule has 0 saturated carbocycles. The lowest BCUT2D eigenvalue weighted by Gasteiger charge is -1.99. The van der Waals surface area contributed by atoms with E-state index in [1.165, 1.54) is 36.9 Å². The lowest BCUT2D eigenvalue weighted by atomic mass is 10.1. The lowest BCUT2D eigenvalue weighted by Crippen LogP contribution is -1.99. The van der Waals surface area contributed by atoms with Gasteiger partial charge in [-0.25, -0.2) is 4.79 Å². The first-order valence-electron chi connectivity index (χ1n) is 5.16. The summed E-state index contributed by atoms with van der Waals surface area (Å²) in [6.07, 6.45) is 0.524. The van der Waals surface area contributed by atoms with E-state index in [0.717, 1.165) is 0 Å². The van der Waals surface area contributed by atoms with E-state index in [9.17, 15) is 9.59 Å². The molecule has 0 fully saturated rings. The minimum atomic E-state index is -1.03. The molecule has 0 spiro atoms. The van der Waals surface area contributed by atoms with Crippen LogP contribution in [0.2, 0.25) is 5.02 Å². The highest BCUT2D eigenvalue weighted by Crippen LogP contribution is 2.15. The molecule has 1 rings (SSSR count). The van der Waals surface area contributed by atoms with E-state index in [-0.39, 0.29) is 10.7 Å². The summed E-state index contributed by atoms with van der Waals surface area (Å²) in [7, 11) is 0.